The molecule has 0 atom stereocenters. The van der Waals surface area contributed by atoms with Gasteiger partial charge in [0.15, 0.2) is 0 Å². The summed E-state index contributed by atoms with van der Waals surface area (Å²) in [6.45, 7) is 1.70. The third-order valence-electron chi connectivity index (χ3n) is 3.34. The third kappa shape index (κ3) is 3.41. The number of ether oxygens (including phenoxy) is 1. The van der Waals surface area contributed by atoms with Crippen LogP contribution in [0.4, 0.5) is 0 Å². The lowest BCUT2D eigenvalue weighted by atomic mass is 10.1. The molecule has 7 heteroatoms. The highest BCUT2D eigenvalue weighted by atomic mass is 79.9. The molecule has 0 bridgehead atoms. The van der Waals surface area contributed by atoms with Gasteiger partial charge in [-0.3, -0.25) is 9.48 Å². The van der Waals surface area contributed by atoms with Gasteiger partial charge in [0.1, 0.15) is 5.75 Å². The maximum atomic E-state index is 11.9. The highest BCUT2D eigenvalue weighted by Gasteiger charge is 2.17. The van der Waals surface area contributed by atoms with Gasteiger partial charge in [0, 0.05) is 35.6 Å². The molecule has 1 aromatic carbocycles. The molecule has 2 aromatic rings. The van der Waals surface area contributed by atoms with Crippen molar-refractivity contribution in [3.05, 3.63) is 40.1 Å². The van der Waals surface area contributed by atoms with Gasteiger partial charge in [-0.25, -0.2) is 0 Å². The normalized spacial score (nSPS) is 12.8. The van der Waals surface area contributed by atoms with Crippen molar-refractivity contribution < 1.29 is 9.53 Å². The molecule has 1 aliphatic rings. The fraction of sp³-hybridized carbons (Fsp3) is 0.357. The molecule has 0 radical (unpaired) electrons. The first-order valence-corrected chi connectivity index (χ1v) is 7.56. The Balaban J connectivity index is 1.56. The highest BCUT2D eigenvalue weighted by Crippen LogP contribution is 2.32. The summed E-state index contributed by atoms with van der Waals surface area (Å²) >= 11 is 3.49. The highest BCUT2D eigenvalue weighted by molar-refractivity contribution is 9.10. The molecule has 21 heavy (non-hydrogen) atoms. The number of hydrogen-bond acceptors (Lipinski definition) is 4. The van der Waals surface area contributed by atoms with Crippen molar-refractivity contribution in [2.75, 3.05) is 6.61 Å². The molecule has 0 saturated heterocycles. The predicted octanol–water partition coefficient (Wildman–Crippen LogP) is 1.68. The van der Waals surface area contributed by atoms with Crippen LogP contribution in [0, 0.1) is 0 Å². The molecule has 3 rings (SSSR count). The number of nitrogens with one attached hydrogen (secondary N) is 1. The molecule has 1 aliphatic heterocycles. The summed E-state index contributed by atoms with van der Waals surface area (Å²) in [6, 6.07) is 4.06. The molecule has 0 aliphatic carbocycles. The monoisotopic (exact) mass is 350 g/mol. The van der Waals surface area contributed by atoms with Gasteiger partial charge >= 0.3 is 0 Å². The van der Waals surface area contributed by atoms with Crippen molar-refractivity contribution in [2.24, 2.45) is 0 Å². The number of nitrogens with zero attached hydrogens (tertiary/aromatic N) is 3. The molecule has 0 spiro atoms. The second-order valence-electron chi connectivity index (χ2n) is 4.84. The number of hydrogen-bond donors (Lipinski definition) is 1. The molecule has 1 aromatic heterocycles. The molecule has 1 amide bonds. The fourth-order valence-corrected chi connectivity index (χ4v) is 2.88. The van der Waals surface area contributed by atoms with Crippen molar-refractivity contribution >= 4 is 21.8 Å². The summed E-state index contributed by atoms with van der Waals surface area (Å²) < 4.78 is 8.29. The van der Waals surface area contributed by atoms with Gasteiger partial charge in [0.25, 0.3) is 0 Å². The zero-order valence-corrected chi connectivity index (χ0v) is 13.0. The van der Waals surface area contributed by atoms with Gasteiger partial charge < -0.3 is 10.1 Å². The van der Waals surface area contributed by atoms with Crippen LogP contribution in [0.15, 0.2) is 29.0 Å². The lowest BCUT2D eigenvalue weighted by Gasteiger charge is -2.10. The number of aromatic nitrogens is 3. The number of rotatable bonds is 5. The SMILES string of the molecule is O=C(CCn1ccnn1)NCc1cc(Br)cc2c1OCC2. The average Bonchev–Trinajstić information content (AvgIpc) is 3.13. The number of benzene rings is 1. The van der Waals surface area contributed by atoms with Crippen molar-refractivity contribution in [2.45, 2.75) is 25.9 Å². The van der Waals surface area contributed by atoms with Crippen LogP contribution in [0.2, 0.25) is 0 Å². The summed E-state index contributed by atoms with van der Waals surface area (Å²) in [4.78, 5) is 11.9. The summed E-state index contributed by atoms with van der Waals surface area (Å²) in [5.41, 5.74) is 2.20. The molecule has 0 saturated carbocycles. The van der Waals surface area contributed by atoms with E-state index in [9.17, 15) is 4.79 Å². The smallest absolute Gasteiger partial charge is 0.222 e. The predicted molar refractivity (Wildman–Crippen MR) is 79.8 cm³/mol. The Labute approximate surface area is 130 Å². The Morgan fingerprint density at radius 2 is 2.38 bits per heavy atom. The first-order chi connectivity index (χ1) is 10.2. The van der Waals surface area contributed by atoms with Crippen LogP contribution >= 0.6 is 15.9 Å². The third-order valence-corrected chi connectivity index (χ3v) is 3.80. The maximum Gasteiger partial charge on any atom is 0.222 e. The van der Waals surface area contributed by atoms with Gasteiger partial charge in [-0.15, -0.1) is 5.10 Å². The van der Waals surface area contributed by atoms with Gasteiger partial charge in [-0.1, -0.05) is 21.1 Å². The van der Waals surface area contributed by atoms with Crippen molar-refractivity contribution in [1.82, 2.24) is 20.3 Å². The van der Waals surface area contributed by atoms with E-state index in [0.717, 1.165) is 22.2 Å². The second kappa shape index (κ2) is 6.26. The first kappa shape index (κ1) is 14.1. The Kier molecular flexibility index (Phi) is 4.19. The molecule has 0 fully saturated rings. The Bertz CT molecular complexity index is 643. The summed E-state index contributed by atoms with van der Waals surface area (Å²) in [5.74, 6) is 0.895. The van der Waals surface area contributed by atoms with E-state index in [1.165, 1.54) is 5.56 Å². The Morgan fingerprint density at radius 1 is 1.48 bits per heavy atom. The molecular formula is C14H15BrN4O2. The molecule has 6 nitrogen and oxygen atoms in total. The Morgan fingerprint density at radius 3 is 3.19 bits per heavy atom. The number of halogens is 1. The quantitative estimate of drug-likeness (QED) is 0.890. The van der Waals surface area contributed by atoms with Crippen molar-refractivity contribution in [3.63, 3.8) is 0 Å². The maximum absolute atomic E-state index is 11.9. The fourth-order valence-electron chi connectivity index (χ4n) is 2.33. The molecule has 0 unspecified atom stereocenters. The molecule has 2 heterocycles. The minimum absolute atomic E-state index is 0.0165. The van der Waals surface area contributed by atoms with Gasteiger partial charge in [-0.05, 0) is 17.7 Å². The van der Waals surface area contributed by atoms with Gasteiger partial charge in [-0.2, -0.15) is 0 Å². The van der Waals surface area contributed by atoms with E-state index in [4.69, 9.17) is 4.74 Å². The molecule has 1 N–H and O–H groups in total. The number of aryl methyl sites for hydroxylation is 1. The van der Waals surface area contributed by atoms with Crippen LogP contribution in [-0.4, -0.2) is 27.5 Å². The average molecular weight is 351 g/mol. The van der Waals surface area contributed by atoms with Crippen LogP contribution < -0.4 is 10.1 Å². The van der Waals surface area contributed by atoms with Crippen LogP contribution in [-0.2, 0) is 24.3 Å². The zero-order valence-electron chi connectivity index (χ0n) is 11.4. The van der Waals surface area contributed by atoms with E-state index in [1.807, 2.05) is 6.07 Å². The Hall–Kier alpha value is -1.89. The lowest BCUT2D eigenvalue weighted by Crippen LogP contribution is -2.24. The van der Waals surface area contributed by atoms with Crippen molar-refractivity contribution in [3.8, 4) is 5.75 Å². The first-order valence-electron chi connectivity index (χ1n) is 6.77. The van der Waals surface area contributed by atoms with Crippen LogP contribution in [0.1, 0.15) is 17.5 Å². The van der Waals surface area contributed by atoms with E-state index >= 15 is 0 Å². The summed E-state index contributed by atoms with van der Waals surface area (Å²) in [7, 11) is 0. The number of carbonyl (C=O) groups is 1. The molecule has 110 valence electrons. The molecular weight excluding hydrogens is 336 g/mol. The van der Waals surface area contributed by atoms with E-state index in [1.54, 1.807) is 17.1 Å². The standard InChI is InChI=1S/C14H15BrN4O2/c15-12-7-10-2-6-21-14(10)11(8-12)9-16-13(20)1-4-19-5-3-17-18-19/h3,5,7-8H,1-2,4,6,9H2,(H,16,20). The largest absolute Gasteiger partial charge is 0.493 e. The topological polar surface area (TPSA) is 69.0 Å². The number of carbonyl (C=O) groups excluding carboxylic acids is 1. The van der Waals surface area contributed by atoms with Crippen LogP contribution in [0.5, 0.6) is 5.75 Å². The van der Waals surface area contributed by atoms with E-state index in [0.29, 0.717) is 26.1 Å². The van der Waals surface area contributed by atoms with Crippen molar-refractivity contribution in [1.29, 1.82) is 0 Å². The summed E-state index contributed by atoms with van der Waals surface area (Å²) in [6.07, 6.45) is 4.63. The van der Waals surface area contributed by atoms with Gasteiger partial charge in [0.2, 0.25) is 5.91 Å². The number of fused-ring (bicyclic) bond motifs is 1. The van der Waals surface area contributed by atoms with Gasteiger partial charge in [0.05, 0.1) is 19.3 Å². The van der Waals surface area contributed by atoms with E-state index in [2.05, 4.69) is 37.6 Å². The minimum Gasteiger partial charge on any atom is -0.493 e. The lowest BCUT2D eigenvalue weighted by molar-refractivity contribution is -0.121. The minimum atomic E-state index is -0.0165. The zero-order chi connectivity index (χ0) is 14.7. The van der Waals surface area contributed by atoms with Crippen LogP contribution in [0.25, 0.3) is 0 Å². The van der Waals surface area contributed by atoms with E-state index in [-0.39, 0.29) is 5.91 Å². The number of amides is 1. The van der Waals surface area contributed by atoms with Crippen LogP contribution in [0.3, 0.4) is 0 Å². The summed E-state index contributed by atoms with van der Waals surface area (Å²) in [5, 5.41) is 10.4. The second-order valence-corrected chi connectivity index (χ2v) is 5.76. The van der Waals surface area contributed by atoms with E-state index < -0.39 is 0 Å².